The summed E-state index contributed by atoms with van der Waals surface area (Å²) in [5, 5.41) is 0. The molecule has 0 N–H and O–H groups in total. The normalized spacial score (nSPS) is 12.8. The van der Waals surface area contributed by atoms with Crippen molar-refractivity contribution in [2.45, 2.75) is 40.0 Å². The molecule has 0 fully saturated rings. The number of rotatable bonds is 4. The van der Waals surface area contributed by atoms with Crippen LogP contribution in [0.4, 0.5) is 0 Å². The monoisotopic (exact) mass is 178 g/mol. The number of aryl methyl sites for hydroxylation is 2. The van der Waals surface area contributed by atoms with Gasteiger partial charge in [-0.15, -0.1) is 0 Å². The van der Waals surface area contributed by atoms with Gasteiger partial charge in [-0.3, -0.25) is 0 Å². The third kappa shape index (κ3) is 3.53. The first-order valence-electron chi connectivity index (χ1n) is 5.00. The third-order valence-electron chi connectivity index (χ3n) is 2.46. The molecule has 2 heteroatoms. The summed E-state index contributed by atoms with van der Waals surface area (Å²) < 4.78 is 0. The Kier molecular flexibility index (Phi) is 3.87. The van der Waals surface area contributed by atoms with E-state index in [1.54, 1.807) is 0 Å². The van der Waals surface area contributed by atoms with Crippen molar-refractivity contribution in [1.82, 2.24) is 9.97 Å². The van der Waals surface area contributed by atoms with Crippen LogP contribution in [0.25, 0.3) is 0 Å². The van der Waals surface area contributed by atoms with Crippen LogP contribution >= 0.6 is 0 Å². The summed E-state index contributed by atoms with van der Waals surface area (Å²) in [4.78, 5) is 8.34. The molecular formula is C11H18N2. The molecule has 0 bridgehead atoms. The SMILES string of the molecule is CCC(C)CCc1cnc(C)nc1. The first-order valence-corrected chi connectivity index (χ1v) is 5.00. The van der Waals surface area contributed by atoms with Crippen molar-refractivity contribution >= 4 is 0 Å². The van der Waals surface area contributed by atoms with Gasteiger partial charge in [0.05, 0.1) is 0 Å². The largest absolute Gasteiger partial charge is 0.241 e. The lowest BCUT2D eigenvalue weighted by molar-refractivity contribution is 0.515. The Morgan fingerprint density at radius 2 is 1.92 bits per heavy atom. The van der Waals surface area contributed by atoms with Gasteiger partial charge in [-0.2, -0.15) is 0 Å². The van der Waals surface area contributed by atoms with Gasteiger partial charge in [0, 0.05) is 12.4 Å². The van der Waals surface area contributed by atoms with Crippen molar-refractivity contribution < 1.29 is 0 Å². The topological polar surface area (TPSA) is 25.8 Å². The first kappa shape index (κ1) is 10.2. The highest BCUT2D eigenvalue weighted by atomic mass is 14.8. The fourth-order valence-corrected chi connectivity index (χ4v) is 1.17. The summed E-state index contributed by atoms with van der Waals surface area (Å²) in [6.07, 6.45) is 7.47. The maximum atomic E-state index is 4.17. The molecule has 0 spiro atoms. The quantitative estimate of drug-likeness (QED) is 0.708. The molecule has 0 aromatic carbocycles. The van der Waals surface area contributed by atoms with Crippen molar-refractivity contribution in [2.24, 2.45) is 5.92 Å². The van der Waals surface area contributed by atoms with E-state index in [4.69, 9.17) is 0 Å². The van der Waals surface area contributed by atoms with E-state index >= 15 is 0 Å². The molecule has 72 valence electrons. The molecule has 0 aliphatic heterocycles. The Morgan fingerprint density at radius 3 is 2.46 bits per heavy atom. The van der Waals surface area contributed by atoms with E-state index in [1.807, 2.05) is 19.3 Å². The summed E-state index contributed by atoms with van der Waals surface area (Å²) in [5.74, 6) is 1.66. The molecule has 1 heterocycles. The van der Waals surface area contributed by atoms with Crippen LogP contribution in [0.3, 0.4) is 0 Å². The van der Waals surface area contributed by atoms with Crippen LogP contribution in [0.1, 0.15) is 38.1 Å². The molecular weight excluding hydrogens is 160 g/mol. The molecule has 1 unspecified atom stereocenters. The van der Waals surface area contributed by atoms with E-state index < -0.39 is 0 Å². The standard InChI is InChI=1S/C11H18N2/c1-4-9(2)5-6-11-7-12-10(3)13-8-11/h7-9H,4-6H2,1-3H3. The van der Waals surface area contributed by atoms with Gasteiger partial charge < -0.3 is 0 Å². The van der Waals surface area contributed by atoms with Crippen LogP contribution in [-0.4, -0.2) is 9.97 Å². The van der Waals surface area contributed by atoms with Gasteiger partial charge >= 0.3 is 0 Å². The second-order valence-corrected chi connectivity index (χ2v) is 3.69. The molecule has 0 radical (unpaired) electrons. The minimum Gasteiger partial charge on any atom is -0.241 e. The van der Waals surface area contributed by atoms with Crippen LogP contribution in [0.15, 0.2) is 12.4 Å². The highest BCUT2D eigenvalue weighted by Crippen LogP contribution is 2.10. The van der Waals surface area contributed by atoms with Gasteiger partial charge in [-0.1, -0.05) is 20.3 Å². The molecule has 1 aromatic rings. The molecule has 0 saturated carbocycles. The third-order valence-corrected chi connectivity index (χ3v) is 2.46. The molecule has 0 aliphatic carbocycles. The smallest absolute Gasteiger partial charge is 0.125 e. The molecule has 2 nitrogen and oxygen atoms in total. The van der Waals surface area contributed by atoms with Crippen LogP contribution in [-0.2, 0) is 6.42 Å². The summed E-state index contributed by atoms with van der Waals surface area (Å²) in [7, 11) is 0. The summed E-state index contributed by atoms with van der Waals surface area (Å²) in [6.45, 7) is 6.43. The zero-order valence-corrected chi connectivity index (χ0v) is 8.75. The van der Waals surface area contributed by atoms with E-state index in [9.17, 15) is 0 Å². The maximum Gasteiger partial charge on any atom is 0.125 e. The fourth-order valence-electron chi connectivity index (χ4n) is 1.17. The number of hydrogen-bond donors (Lipinski definition) is 0. The Hall–Kier alpha value is -0.920. The van der Waals surface area contributed by atoms with Crippen LogP contribution in [0, 0.1) is 12.8 Å². The summed E-state index contributed by atoms with van der Waals surface area (Å²) >= 11 is 0. The van der Waals surface area contributed by atoms with E-state index in [0.717, 1.165) is 18.2 Å². The lowest BCUT2D eigenvalue weighted by Gasteiger charge is -2.06. The van der Waals surface area contributed by atoms with Crippen molar-refractivity contribution in [2.75, 3.05) is 0 Å². The molecule has 1 atom stereocenters. The van der Waals surface area contributed by atoms with Crippen molar-refractivity contribution in [3.63, 3.8) is 0 Å². The highest BCUT2D eigenvalue weighted by molar-refractivity contribution is 5.04. The lowest BCUT2D eigenvalue weighted by Crippen LogP contribution is -1.97. The Morgan fingerprint density at radius 1 is 1.31 bits per heavy atom. The van der Waals surface area contributed by atoms with Gasteiger partial charge in [0.1, 0.15) is 5.82 Å². The predicted molar refractivity (Wildman–Crippen MR) is 54.5 cm³/mol. The first-order chi connectivity index (χ1) is 6.22. The second kappa shape index (κ2) is 4.95. The Labute approximate surface area is 80.4 Å². The van der Waals surface area contributed by atoms with Gasteiger partial charge in [-0.25, -0.2) is 9.97 Å². The Balaban J connectivity index is 2.41. The van der Waals surface area contributed by atoms with Gasteiger partial charge in [-0.05, 0) is 31.2 Å². The van der Waals surface area contributed by atoms with Crippen LogP contribution < -0.4 is 0 Å². The summed E-state index contributed by atoms with van der Waals surface area (Å²) in [5.41, 5.74) is 1.26. The highest BCUT2D eigenvalue weighted by Gasteiger charge is 2.00. The second-order valence-electron chi connectivity index (χ2n) is 3.69. The molecule has 13 heavy (non-hydrogen) atoms. The summed E-state index contributed by atoms with van der Waals surface area (Å²) in [6, 6.07) is 0. The molecule has 1 aromatic heterocycles. The predicted octanol–water partition coefficient (Wildman–Crippen LogP) is 2.76. The molecule has 0 saturated heterocycles. The molecule has 0 amide bonds. The minimum absolute atomic E-state index is 0.807. The zero-order valence-electron chi connectivity index (χ0n) is 8.75. The lowest BCUT2D eigenvalue weighted by atomic mass is 10.0. The fraction of sp³-hybridized carbons (Fsp3) is 0.636. The van der Waals surface area contributed by atoms with Gasteiger partial charge in [0.2, 0.25) is 0 Å². The molecule has 0 aliphatic rings. The minimum atomic E-state index is 0.807. The van der Waals surface area contributed by atoms with E-state index in [1.165, 1.54) is 18.4 Å². The van der Waals surface area contributed by atoms with E-state index in [0.29, 0.717) is 0 Å². The number of nitrogens with zero attached hydrogens (tertiary/aromatic N) is 2. The van der Waals surface area contributed by atoms with Crippen molar-refractivity contribution in [3.8, 4) is 0 Å². The Bertz CT molecular complexity index is 241. The van der Waals surface area contributed by atoms with Crippen LogP contribution in [0.2, 0.25) is 0 Å². The van der Waals surface area contributed by atoms with Crippen molar-refractivity contribution in [1.29, 1.82) is 0 Å². The van der Waals surface area contributed by atoms with E-state index in [-0.39, 0.29) is 0 Å². The van der Waals surface area contributed by atoms with Gasteiger partial charge in [0.25, 0.3) is 0 Å². The number of aromatic nitrogens is 2. The van der Waals surface area contributed by atoms with E-state index in [2.05, 4.69) is 23.8 Å². The maximum absolute atomic E-state index is 4.17. The average molecular weight is 178 g/mol. The van der Waals surface area contributed by atoms with Crippen molar-refractivity contribution in [3.05, 3.63) is 23.8 Å². The van der Waals surface area contributed by atoms with Gasteiger partial charge in [0.15, 0.2) is 0 Å². The van der Waals surface area contributed by atoms with Crippen LogP contribution in [0.5, 0.6) is 0 Å². The zero-order chi connectivity index (χ0) is 9.68. The average Bonchev–Trinajstić information content (AvgIpc) is 2.16. The molecule has 1 rings (SSSR count). The number of hydrogen-bond acceptors (Lipinski definition) is 2.